The number of amides is 2. The molecule has 0 unspecified atom stereocenters. The Morgan fingerprint density at radius 2 is 2.08 bits per heavy atom. The van der Waals surface area contributed by atoms with Crippen LogP contribution in [0.4, 0.5) is 0 Å². The zero-order chi connectivity index (χ0) is 16.9. The third-order valence-electron chi connectivity index (χ3n) is 4.18. The van der Waals surface area contributed by atoms with Crippen LogP contribution in [-0.4, -0.2) is 45.6 Å². The third-order valence-corrected chi connectivity index (χ3v) is 4.18. The van der Waals surface area contributed by atoms with Crippen molar-refractivity contribution in [3.05, 3.63) is 53.9 Å². The molecule has 0 aliphatic carbocycles. The van der Waals surface area contributed by atoms with Gasteiger partial charge in [-0.1, -0.05) is 30.3 Å². The van der Waals surface area contributed by atoms with E-state index in [0.717, 1.165) is 24.9 Å². The van der Waals surface area contributed by atoms with E-state index >= 15 is 0 Å². The summed E-state index contributed by atoms with van der Waals surface area (Å²) in [5, 5.41) is 7.20. The van der Waals surface area contributed by atoms with E-state index in [1.54, 1.807) is 22.0 Å². The van der Waals surface area contributed by atoms with Crippen molar-refractivity contribution in [2.45, 2.75) is 32.4 Å². The van der Waals surface area contributed by atoms with Gasteiger partial charge in [0.15, 0.2) is 0 Å². The van der Waals surface area contributed by atoms with Gasteiger partial charge in [-0.05, 0) is 18.4 Å². The molecule has 2 heterocycles. The number of rotatable bonds is 4. The van der Waals surface area contributed by atoms with Crippen molar-refractivity contribution in [2.75, 3.05) is 13.1 Å². The van der Waals surface area contributed by atoms with Gasteiger partial charge in [0.25, 0.3) is 5.91 Å². The average molecular weight is 326 g/mol. The fourth-order valence-electron chi connectivity index (χ4n) is 3.08. The summed E-state index contributed by atoms with van der Waals surface area (Å²) in [5.41, 5.74) is 1.73. The molecule has 1 atom stereocenters. The molecule has 0 saturated carbocycles. The molecule has 1 aromatic carbocycles. The van der Waals surface area contributed by atoms with Crippen molar-refractivity contribution in [1.82, 2.24) is 20.0 Å². The Morgan fingerprint density at radius 3 is 2.83 bits per heavy atom. The zero-order valence-electron chi connectivity index (χ0n) is 13.8. The Hall–Kier alpha value is -2.63. The minimum Gasteiger partial charge on any atom is -0.352 e. The lowest BCUT2D eigenvalue weighted by Gasteiger charge is -2.32. The first kappa shape index (κ1) is 16.2. The third kappa shape index (κ3) is 4.01. The minimum atomic E-state index is -0.0509. The average Bonchev–Trinajstić information content (AvgIpc) is 3.03. The van der Waals surface area contributed by atoms with Crippen molar-refractivity contribution in [2.24, 2.45) is 0 Å². The van der Waals surface area contributed by atoms with E-state index in [2.05, 4.69) is 10.4 Å². The highest BCUT2D eigenvalue weighted by molar-refractivity contribution is 5.93. The Balaban J connectivity index is 1.64. The number of nitrogens with one attached hydrogen (secondary N) is 1. The number of carbonyl (C=O) groups excluding carboxylic acids is 2. The summed E-state index contributed by atoms with van der Waals surface area (Å²) >= 11 is 0. The van der Waals surface area contributed by atoms with Gasteiger partial charge in [0.1, 0.15) is 0 Å². The number of hydrogen-bond donors (Lipinski definition) is 1. The van der Waals surface area contributed by atoms with Gasteiger partial charge in [0, 0.05) is 32.3 Å². The highest BCUT2D eigenvalue weighted by Gasteiger charge is 2.25. The van der Waals surface area contributed by atoms with Crippen LogP contribution in [0.3, 0.4) is 0 Å². The predicted octanol–water partition coefficient (Wildman–Crippen LogP) is 1.67. The molecule has 1 saturated heterocycles. The maximum atomic E-state index is 12.7. The van der Waals surface area contributed by atoms with Gasteiger partial charge >= 0.3 is 0 Å². The van der Waals surface area contributed by atoms with Gasteiger partial charge < -0.3 is 10.2 Å². The van der Waals surface area contributed by atoms with E-state index in [1.165, 1.54) is 6.92 Å². The maximum Gasteiger partial charge on any atom is 0.257 e. The standard InChI is InChI=1S/C18H22N4O2/c1-14(23)20-17-8-5-9-21(13-17)18(24)16-10-19-22(12-16)11-15-6-3-2-4-7-15/h2-4,6-7,10,12,17H,5,8-9,11,13H2,1H3,(H,20,23)/t17-/m0/s1. The molecule has 2 amide bonds. The van der Waals surface area contributed by atoms with E-state index in [4.69, 9.17) is 0 Å². The zero-order valence-corrected chi connectivity index (χ0v) is 13.8. The summed E-state index contributed by atoms with van der Waals surface area (Å²) in [4.78, 5) is 25.7. The van der Waals surface area contributed by atoms with Crippen molar-refractivity contribution < 1.29 is 9.59 Å². The Morgan fingerprint density at radius 1 is 1.29 bits per heavy atom. The second kappa shape index (κ2) is 7.29. The predicted molar refractivity (Wildman–Crippen MR) is 90.5 cm³/mol. The number of aromatic nitrogens is 2. The molecule has 6 heteroatoms. The monoisotopic (exact) mass is 326 g/mol. The summed E-state index contributed by atoms with van der Waals surface area (Å²) in [7, 11) is 0. The van der Waals surface area contributed by atoms with Gasteiger partial charge in [0.2, 0.25) is 5.91 Å². The van der Waals surface area contributed by atoms with Crippen LogP contribution in [0.25, 0.3) is 0 Å². The molecule has 1 aromatic heterocycles. The topological polar surface area (TPSA) is 67.2 Å². The molecule has 1 N–H and O–H groups in total. The van der Waals surface area contributed by atoms with Gasteiger partial charge in [-0.15, -0.1) is 0 Å². The summed E-state index contributed by atoms with van der Waals surface area (Å²) in [6.45, 7) is 3.43. The SMILES string of the molecule is CC(=O)N[C@H]1CCCN(C(=O)c2cnn(Cc3ccccc3)c2)C1. The first-order valence-corrected chi connectivity index (χ1v) is 8.24. The lowest BCUT2D eigenvalue weighted by Crippen LogP contribution is -2.49. The van der Waals surface area contributed by atoms with Crippen LogP contribution >= 0.6 is 0 Å². The maximum absolute atomic E-state index is 12.7. The molecule has 3 rings (SSSR count). The molecule has 2 aromatic rings. The van der Waals surface area contributed by atoms with Crippen LogP contribution in [0.2, 0.25) is 0 Å². The number of piperidine rings is 1. The van der Waals surface area contributed by atoms with E-state index in [-0.39, 0.29) is 17.9 Å². The van der Waals surface area contributed by atoms with Crippen LogP contribution in [-0.2, 0) is 11.3 Å². The Bertz CT molecular complexity index is 711. The van der Waals surface area contributed by atoms with E-state index in [1.807, 2.05) is 30.3 Å². The van der Waals surface area contributed by atoms with Crippen LogP contribution < -0.4 is 5.32 Å². The van der Waals surface area contributed by atoms with Gasteiger partial charge in [-0.2, -0.15) is 5.10 Å². The molecule has 0 radical (unpaired) electrons. The van der Waals surface area contributed by atoms with E-state index in [9.17, 15) is 9.59 Å². The quantitative estimate of drug-likeness (QED) is 0.929. The minimum absolute atomic E-state index is 0.0237. The number of nitrogens with zero attached hydrogens (tertiary/aromatic N) is 3. The fraction of sp³-hybridized carbons (Fsp3) is 0.389. The summed E-state index contributed by atoms with van der Waals surface area (Å²) in [6.07, 6.45) is 5.22. The van der Waals surface area contributed by atoms with Crippen LogP contribution in [0.15, 0.2) is 42.7 Å². The Kier molecular flexibility index (Phi) is 4.93. The van der Waals surface area contributed by atoms with Gasteiger partial charge in [0.05, 0.1) is 18.3 Å². The molecular weight excluding hydrogens is 304 g/mol. The lowest BCUT2D eigenvalue weighted by atomic mass is 10.0. The van der Waals surface area contributed by atoms with Crippen molar-refractivity contribution in [3.63, 3.8) is 0 Å². The first-order valence-electron chi connectivity index (χ1n) is 8.24. The second-order valence-electron chi connectivity index (χ2n) is 6.20. The second-order valence-corrected chi connectivity index (χ2v) is 6.20. The van der Waals surface area contributed by atoms with Gasteiger partial charge in [-0.3, -0.25) is 14.3 Å². The lowest BCUT2D eigenvalue weighted by molar-refractivity contribution is -0.120. The molecule has 1 aliphatic heterocycles. The molecular formula is C18H22N4O2. The molecule has 126 valence electrons. The van der Waals surface area contributed by atoms with Crippen LogP contribution in [0, 0.1) is 0 Å². The fourth-order valence-corrected chi connectivity index (χ4v) is 3.08. The normalized spacial score (nSPS) is 17.5. The molecule has 24 heavy (non-hydrogen) atoms. The molecule has 1 aliphatic rings. The van der Waals surface area contributed by atoms with Gasteiger partial charge in [-0.25, -0.2) is 0 Å². The number of carbonyl (C=O) groups is 2. The Labute approximate surface area is 141 Å². The highest BCUT2D eigenvalue weighted by Crippen LogP contribution is 2.14. The number of benzene rings is 1. The van der Waals surface area contributed by atoms with Crippen molar-refractivity contribution in [1.29, 1.82) is 0 Å². The van der Waals surface area contributed by atoms with Crippen LogP contribution in [0.5, 0.6) is 0 Å². The number of hydrogen-bond acceptors (Lipinski definition) is 3. The van der Waals surface area contributed by atoms with Crippen molar-refractivity contribution >= 4 is 11.8 Å². The molecule has 0 spiro atoms. The van der Waals surface area contributed by atoms with E-state index in [0.29, 0.717) is 18.7 Å². The molecule has 1 fully saturated rings. The summed E-state index contributed by atoms with van der Waals surface area (Å²) < 4.78 is 1.78. The summed E-state index contributed by atoms with van der Waals surface area (Å²) in [6, 6.07) is 10.1. The number of likely N-dealkylation sites (tertiary alicyclic amines) is 1. The van der Waals surface area contributed by atoms with Crippen molar-refractivity contribution in [3.8, 4) is 0 Å². The first-order chi connectivity index (χ1) is 11.6. The smallest absolute Gasteiger partial charge is 0.257 e. The van der Waals surface area contributed by atoms with Crippen LogP contribution in [0.1, 0.15) is 35.7 Å². The molecule has 0 bridgehead atoms. The van der Waals surface area contributed by atoms with E-state index < -0.39 is 0 Å². The largest absolute Gasteiger partial charge is 0.352 e. The highest BCUT2D eigenvalue weighted by atomic mass is 16.2. The molecule has 6 nitrogen and oxygen atoms in total. The summed E-state index contributed by atoms with van der Waals surface area (Å²) in [5.74, 6) is -0.0747.